The van der Waals surface area contributed by atoms with Gasteiger partial charge in [-0.3, -0.25) is 4.79 Å². The fourth-order valence-corrected chi connectivity index (χ4v) is 2.65. The number of aliphatic carboxylic acids is 1. The number of halogens is 1. The summed E-state index contributed by atoms with van der Waals surface area (Å²) in [5.74, 6) is -0.0831. The van der Waals surface area contributed by atoms with E-state index in [1.165, 1.54) is 5.56 Å². The van der Waals surface area contributed by atoms with Crippen molar-refractivity contribution in [2.75, 3.05) is 0 Å². The van der Waals surface area contributed by atoms with Crippen LogP contribution in [-0.2, 0) is 11.2 Å². The molecular formula is C16H24ClNO2. The zero-order valence-corrected chi connectivity index (χ0v) is 12.9. The maximum Gasteiger partial charge on any atom is 0.304 e. The van der Waals surface area contributed by atoms with E-state index in [1.54, 1.807) is 0 Å². The highest BCUT2D eigenvalue weighted by Gasteiger charge is 2.18. The topological polar surface area (TPSA) is 63.3 Å². The SMILES string of the molecule is CC(CCc1cccc(Cl)c1)CC(C)C(N)CC(=O)O. The van der Waals surface area contributed by atoms with E-state index in [0.29, 0.717) is 5.92 Å². The lowest BCUT2D eigenvalue weighted by Gasteiger charge is -2.22. The summed E-state index contributed by atoms with van der Waals surface area (Å²) in [6, 6.07) is 7.66. The molecule has 0 amide bonds. The molecule has 0 heterocycles. The van der Waals surface area contributed by atoms with Gasteiger partial charge in [-0.05, 0) is 48.8 Å². The van der Waals surface area contributed by atoms with Crippen LogP contribution in [0.15, 0.2) is 24.3 Å². The third-order valence-electron chi connectivity index (χ3n) is 3.73. The average Bonchev–Trinajstić information content (AvgIpc) is 2.35. The molecule has 1 aromatic carbocycles. The van der Waals surface area contributed by atoms with Crippen molar-refractivity contribution in [1.29, 1.82) is 0 Å². The van der Waals surface area contributed by atoms with Gasteiger partial charge in [-0.2, -0.15) is 0 Å². The Morgan fingerprint density at radius 1 is 1.40 bits per heavy atom. The number of carboxylic acid groups (broad SMARTS) is 1. The highest BCUT2D eigenvalue weighted by Crippen LogP contribution is 2.21. The van der Waals surface area contributed by atoms with Gasteiger partial charge in [0.25, 0.3) is 0 Å². The highest BCUT2D eigenvalue weighted by atomic mass is 35.5. The van der Waals surface area contributed by atoms with Crippen molar-refractivity contribution < 1.29 is 9.90 Å². The number of carboxylic acids is 1. The third-order valence-corrected chi connectivity index (χ3v) is 3.97. The van der Waals surface area contributed by atoms with Gasteiger partial charge in [0.1, 0.15) is 0 Å². The van der Waals surface area contributed by atoms with Crippen LogP contribution >= 0.6 is 11.6 Å². The Labute approximate surface area is 126 Å². The third kappa shape index (κ3) is 6.40. The van der Waals surface area contributed by atoms with Crippen molar-refractivity contribution in [3.63, 3.8) is 0 Å². The Morgan fingerprint density at radius 3 is 2.70 bits per heavy atom. The van der Waals surface area contributed by atoms with Gasteiger partial charge in [0.05, 0.1) is 6.42 Å². The molecule has 0 spiro atoms. The molecule has 3 N–H and O–H groups in total. The van der Waals surface area contributed by atoms with E-state index in [-0.39, 0.29) is 18.4 Å². The van der Waals surface area contributed by atoms with Gasteiger partial charge in [0.2, 0.25) is 0 Å². The molecule has 0 aliphatic rings. The molecule has 3 atom stereocenters. The zero-order chi connectivity index (χ0) is 15.1. The molecule has 0 aromatic heterocycles. The Kier molecular flexibility index (Phi) is 7.03. The van der Waals surface area contributed by atoms with Crippen molar-refractivity contribution >= 4 is 17.6 Å². The first-order valence-electron chi connectivity index (χ1n) is 7.10. The summed E-state index contributed by atoms with van der Waals surface area (Å²) in [4.78, 5) is 10.7. The maximum absolute atomic E-state index is 10.7. The van der Waals surface area contributed by atoms with Crippen molar-refractivity contribution in [2.24, 2.45) is 17.6 Å². The van der Waals surface area contributed by atoms with Crippen molar-refractivity contribution in [3.05, 3.63) is 34.9 Å². The Morgan fingerprint density at radius 2 is 2.10 bits per heavy atom. The van der Waals surface area contributed by atoms with Crippen LogP contribution in [0, 0.1) is 11.8 Å². The van der Waals surface area contributed by atoms with Gasteiger partial charge in [0, 0.05) is 11.1 Å². The zero-order valence-electron chi connectivity index (χ0n) is 12.2. The molecule has 0 saturated carbocycles. The molecule has 0 bridgehead atoms. The fraction of sp³-hybridized carbons (Fsp3) is 0.562. The molecule has 0 aliphatic carbocycles. The Balaban J connectivity index is 2.36. The smallest absolute Gasteiger partial charge is 0.304 e. The second-order valence-corrected chi connectivity index (χ2v) is 6.18. The van der Waals surface area contributed by atoms with Crippen molar-refractivity contribution in [2.45, 2.75) is 45.6 Å². The molecule has 0 fully saturated rings. The minimum atomic E-state index is -0.823. The molecular weight excluding hydrogens is 274 g/mol. The predicted molar refractivity (Wildman–Crippen MR) is 82.9 cm³/mol. The summed E-state index contributed by atoms with van der Waals surface area (Å²) in [6.45, 7) is 4.22. The first-order valence-corrected chi connectivity index (χ1v) is 7.48. The molecule has 1 aromatic rings. The number of carbonyl (C=O) groups is 1. The highest BCUT2D eigenvalue weighted by molar-refractivity contribution is 6.30. The van der Waals surface area contributed by atoms with Gasteiger partial charge in [-0.25, -0.2) is 0 Å². The molecule has 0 radical (unpaired) electrons. The monoisotopic (exact) mass is 297 g/mol. The summed E-state index contributed by atoms with van der Waals surface area (Å²) >= 11 is 5.96. The van der Waals surface area contributed by atoms with Crippen LogP contribution in [0.2, 0.25) is 5.02 Å². The normalized spacial score (nSPS) is 15.6. The van der Waals surface area contributed by atoms with Crippen molar-refractivity contribution in [3.8, 4) is 0 Å². The van der Waals surface area contributed by atoms with Crippen LogP contribution in [0.4, 0.5) is 0 Å². The van der Waals surface area contributed by atoms with Crippen LogP contribution < -0.4 is 5.73 Å². The summed E-state index contributed by atoms with van der Waals surface area (Å²) in [6.07, 6.45) is 3.05. The quantitative estimate of drug-likeness (QED) is 0.768. The van der Waals surface area contributed by atoms with E-state index < -0.39 is 5.97 Å². The molecule has 1 rings (SSSR count). The molecule has 112 valence electrons. The van der Waals surface area contributed by atoms with E-state index in [4.69, 9.17) is 22.4 Å². The molecule has 0 saturated heterocycles. The first kappa shape index (κ1) is 17.0. The van der Waals surface area contributed by atoms with Gasteiger partial charge >= 0.3 is 5.97 Å². The van der Waals surface area contributed by atoms with E-state index in [2.05, 4.69) is 13.0 Å². The standard InChI is InChI=1S/C16H24ClNO2/c1-11(8-12(2)15(18)10-16(19)20)6-7-13-4-3-5-14(17)9-13/h3-5,9,11-12,15H,6-8,10,18H2,1-2H3,(H,19,20). The minimum absolute atomic E-state index is 0.0438. The van der Waals surface area contributed by atoms with Crippen LogP contribution in [0.1, 0.15) is 38.7 Å². The largest absolute Gasteiger partial charge is 0.481 e. The number of hydrogen-bond acceptors (Lipinski definition) is 2. The summed E-state index contributed by atoms with van der Waals surface area (Å²) in [5.41, 5.74) is 7.14. The van der Waals surface area contributed by atoms with Gasteiger partial charge in [-0.1, -0.05) is 37.6 Å². The molecule has 3 nitrogen and oxygen atoms in total. The summed E-state index contributed by atoms with van der Waals surface area (Å²) in [5, 5.41) is 9.52. The number of aryl methyl sites for hydroxylation is 1. The first-order chi connectivity index (χ1) is 9.38. The minimum Gasteiger partial charge on any atom is -0.481 e. The summed E-state index contributed by atoms with van der Waals surface area (Å²) in [7, 11) is 0. The molecule has 0 aliphatic heterocycles. The summed E-state index contributed by atoms with van der Waals surface area (Å²) < 4.78 is 0. The lowest BCUT2D eigenvalue weighted by atomic mass is 9.87. The second-order valence-electron chi connectivity index (χ2n) is 5.75. The van der Waals surface area contributed by atoms with Gasteiger partial charge in [-0.15, -0.1) is 0 Å². The van der Waals surface area contributed by atoms with Gasteiger partial charge in [0.15, 0.2) is 0 Å². The van der Waals surface area contributed by atoms with Crippen LogP contribution in [0.3, 0.4) is 0 Å². The van der Waals surface area contributed by atoms with Crippen LogP contribution in [0.5, 0.6) is 0 Å². The van der Waals surface area contributed by atoms with Crippen LogP contribution in [0.25, 0.3) is 0 Å². The Bertz CT molecular complexity index is 436. The second kappa shape index (κ2) is 8.28. The van der Waals surface area contributed by atoms with Crippen molar-refractivity contribution in [1.82, 2.24) is 0 Å². The van der Waals surface area contributed by atoms with E-state index in [0.717, 1.165) is 24.3 Å². The fourth-order valence-electron chi connectivity index (χ4n) is 2.44. The molecule has 4 heteroatoms. The number of benzene rings is 1. The lowest BCUT2D eigenvalue weighted by Crippen LogP contribution is -2.31. The number of rotatable bonds is 8. The number of hydrogen-bond donors (Lipinski definition) is 2. The maximum atomic E-state index is 10.7. The van der Waals surface area contributed by atoms with E-state index in [1.807, 2.05) is 25.1 Å². The van der Waals surface area contributed by atoms with Gasteiger partial charge < -0.3 is 10.8 Å². The van der Waals surface area contributed by atoms with Crippen LogP contribution in [-0.4, -0.2) is 17.1 Å². The molecule has 3 unspecified atom stereocenters. The van der Waals surface area contributed by atoms with E-state index >= 15 is 0 Å². The van der Waals surface area contributed by atoms with E-state index in [9.17, 15) is 4.79 Å². The lowest BCUT2D eigenvalue weighted by molar-refractivity contribution is -0.137. The molecule has 20 heavy (non-hydrogen) atoms. The predicted octanol–water partition coefficient (Wildman–Crippen LogP) is 3.74. The number of nitrogens with two attached hydrogens (primary N) is 1. The Hall–Kier alpha value is -1.06. The average molecular weight is 298 g/mol.